The maximum absolute atomic E-state index is 4.64. The van der Waals surface area contributed by atoms with E-state index >= 15 is 0 Å². The molecule has 1 fully saturated rings. The Morgan fingerprint density at radius 2 is 1.94 bits per heavy atom. The van der Waals surface area contributed by atoms with Crippen molar-refractivity contribution in [3.05, 3.63) is 11.9 Å². The Hall–Kier alpha value is -1.32. The Kier molecular flexibility index (Phi) is 3.27. The minimum Gasteiger partial charge on any atom is -0.373 e. The van der Waals surface area contributed by atoms with E-state index in [0.29, 0.717) is 5.92 Å². The highest BCUT2D eigenvalue weighted by Gasteiger charge is 2.16. The molecule has 0 radical (unpaired) electrons. The van der Waals surface area contributed by atoms with Crippen LogP contribution < -0.4 is 10.2 Å². The van der Waals surface area contributed by atoms with Crippen LogP contribution in [0.2, 0.25) is 0 Å². The van der Waals surface area contributed by atoms with Crippen molar-refractivity contribution in [3.63, 3.8) is 0 Å². The van der Waals surface area contributed by atoms with E-state index in [4.69, 9.17) is 0 Å². The maximum Gasteiger partial charge on any atom is 0.135 e. The molecule has 4 nitrogen and oxygen atoms in total. The normalized spacial score (nSPS) is 15.9. The van der Waals surface area contributed by atoms with E-state index in [1.807, 2.05) is 13.1 Å². The van der Waals surface area contributed by atoms with Crippen LogP contribution in [0.1, 0.15) is 38.4 Å². The first-order valence-corrected chi connectivity index (χ1v) is 6.02. The molecule has 1 aliphatic rings. The van der Waals surface area contributed by atoms with Crippen LogP contribution >= 0.6 is 0 Å². The molecule has 4 heteroatoms. The number of hydrogen-bond acceptors (Lipinski definition) is 4. The van der Waals surface area contributed by atoms with Gasteiger partial charge in [0, 0.05) is 32.1 Å². The van der Waals surface area contributed by atoms with Gasteiger partial charge in [0.05, 0.1) is 0 Å². The van der Waals surface area contributed by atoms with E-state index in [1.165, 1.54) is 12.8 Å². The SMILES string of the molecule is CNc1cc(N2CCCC2)nc(C(C)C)n1. The zero-order chi connectivity index (χ0) is 11.5. The average molecular weight is 220 g/mol. The minimum absolute atomic E-state index is 0.370. The van der Waals surface area contributed by atoms with Gasteiger partial charge in [-0.2, -0.15) is 0 Å². The standard InChI is InChI=1S/C12H20N4/c1-9(2)12-14-10(13-3)8-11(15-12)16-6-4-5-7-16/h8-9H,4-7H2,1-3H3,(H,13,14,15). The Morgan fingerprint density at radius 3 is 2.50 bits per heavy atom. The highest BCUT2D eigenvalue weighted by molar-refractivity contribution is 5.49. The molecule has 0 atom stereocenters. The van der Waals surface area contributed by atoms with Crippen LogP contribution in [-0.2, 0) is 0 Å². The summed E-state index contributed by atoms with van der Waals surface area (Å²) < 4.78 is 0. The van der Waals surface area contributed by atoms with Crippen molar-refractivity contribution in [1.29, 1.82) is 0 Å². The first kappa shape index (κ1) is 11.2. The molecule has 16 heavy (non-hydrogen) atoms. The second kappa shape index (κ2) is 4.68. The van der Waals surface area contributed by atoms with Gasteiger partial charge in [-0.05, 0) is 12.8 Å². The molecule has 0 aliphatic carbocycles. The van der Waals surface area contributed by atoms with E-state index in [9.17, 15) is 0 Å². The van der Waals surface area contributed by atoms with Gasteiger partial charge in [-0.3, -0.25) is 0 Å². The second-order valence-corrected chi connectivity index (χ2v) is 4.57. The number of hydrogen-bond donors (Lipinski definition) is 1. The van der Waals surface area contributed by atoms with E-state index < -0.39 is 0 Å². The summed E-state index contributed by atoms with van der Waals surface area (Å²) in [4.78, 5) is 11.5. The summed E-state index contributed by atoms with van der Waals surface area (Å²) in [7, 11) is 1.90. The van der Waals surface area contributed by atoms with E-state index in [-0.39, 0.29) is 0 Å². The number of anilines is 2. The third-order valence-electron chi connectivity index (χ3n) is 2.93. The van der Waals surface area contributed by atoms with Crippen LogP contribution in [0.3, 0.4) is 0 Å². The first-order valence-electron chi connectivity index (χ1n) is 6.02. The third kappa shape index (κ3) is 2.26. The zero-order valence-corrected chi connectivity index (χ0v) is 10.3. The molecule has 0 aromatic carbocycles. The van der Waals surface area contributed by atoms with Gasteiger partial charge in [-0.15, -0.1) is 0 Å². The molecule has 0 saturated carbocycles. The van der Waals surface area contributed by atoms with Crippen LogP contribution in [0.25, 0.3) is 0 Å². The molecule has 0 bridgehead atoms. The molecule has 1 aliphatic heterocycles. The fourth-order valence-electron chi connectivity index (χ4n) is 1.95. The largest absolute Gasteiger partial charge is 0.373 e. The predicted octanol–water partition coefficient (Wildman–Crippen LogP) is 2.24. The number of nitrogens with one attached hydrogen (secondary N) is 1. The molecule has 2 rings (SSSR count). The summed E-state index contributed by atoms with van der Waals surface area (Å²) in [6, 6.07) is 2.04. The Balaban J connectivity index is 2.32. The van der Waals surface area contributed by atoms with Gasteiger partial charge in [-0.1, -0.05) is 13.8 Å². The van der Waals surface area contributed by atoms with Crippen LogP contribution in [0, 0.1) is 0 Å². The van der Waals surface area contributed by atoms with Crippen LogP contribution in [0.5, 0.6) is 0 Å². The molecule has 2 heterocycles. The molecular weight excluding hydrogens is 200 g/mol. The first-order chi connectivity index (χ1) is 7.70. The van der Waals surface area contributed by atoms with E-state index in [2.05, 4.69) is 34.0 Å². The van der Waals surface area contributed by atoms with Crippen molar-refractivity contribution in [1.82, 2.24) is 9.97 Å². The minimum atomic E-state index is 0.370. The Morgan fingerprint density at radius 1 is 1.25 bits per heavy atom. The molecule has 0 unspecified atom stereocenters. The molecule has 1 aromatic heterocycles. The van der Waals surface area contributed by atoms with Crippen molar-refractivity contribution >= 4 is 11.6 Å². The quantitative estimate of drug-likeness (QED) is 0.848. The lowest BCUT2D eigenvalue weighted by atomic mass is 10.2. The van der Waals surface area contributed by atoms with Crippen molar-refractivity contribution in [2.45, 2.75) is 32.6 Å². The topological polar surface area (TPSA) is 41.0 Å². The summed E-state index contributed by atoms with van der Waals surface area (Å²) in [5, 5.41) is 3.11. The number of rotatable bonds is 3. The fourth-order valence-corrected chi connectivity index (χ4v) is 1.95. The van der Waals surface area contributed by atoms with E-state index in [0.717, 1.165) is 30.5 Å². The van der Waals surface area contributed by atoms with Crippen molar-refractivity contribution in [3.8, 4) is 0 Å². The third-order valence-corrected chi connectivity index (χ3v) is 2.93. The fraction of sp³-hybridized carbons (Fsp3) is 0.667. The summed E-state index contributed by atoms with van der Waals surface area (Å²) in [6.45, 7) is 6.50. The highest BCUT2D eigenvalue weighted by Crippen LogP contribution is 2.22. The highest BCUT2D eigenvalue weighted by atomic mass is 15.2. The molecule has 0 amide bonds. The summed E-state index contributed by atoms with van der Waals surface area (Å²) >= 11 is 0. The molecule has 88 valence electrons. The van der Waals surface area contributed by atoms with Crippen molar-refractivity contribution in [2.24, 2.45) is 0 Å². The maximum atomic E-state index is 4.64. The van der Waals surface area contributed by atoms with Gasteiger partial charge in [0.1, 0.15) is 17.5 Å². The van der Waals surface area contributed by atoms with Gasteiger partial charge in [0.25, 0.3) is 0 Å². The lowest BCUT2D eigenvalue weighted by Crippen LogP contribution is -2.20. The van der Waals surface area contributed by atoms with Gasteiger partial charge in [-0.25, -0.2) is 9.97 Å². The van der Waals surface area contributed by atoms with Crippen molar-refractivity contribution in [2.75, 3.05) is 30.4 Å². The predicted molar refractivity (Wildman–Crippen MR) is 67.1 cm³/mol. The average Bonchev–Trinajstić information content (AvgIpc) is 2.81. The lowest BCUT2D eigenvalue weighted by Gasteiger charge is -2.18. The van der Waals surface area contributed by atoms with Crippen LogP contribution in [-0.4, -0.2) is 30.1 Å². The smallest absolute Gasteiger partial charge is 0.135 e. The van der Waals surface area contributed by atoms with Gasteiger partial charge in [0.15, 0.2) is 0 Å². The lowest BCUT2D eigenvalue weighted by molar-refractivity contribution is 0.766. The van der Waals surface area contributed by atoms with E-state index in [1.54, 1.807) is 0 Å². The molecule has 0 spiro atoms. The number of aromatic nitrogens is 2. The van der Waals surface area contributed by atoms with Gasteiger partial charge in [0.2, 0.25) is 0 Å². The van der Waals surface area contributed by atoms with Crippen LogP contribution in [0.4, 0.5) is 11.6 Å². The summed E-state index contributed by atoms with van der Waals surface area (Å²) in [5.74, 6) is 3.28. The molecule has 1 N–H and O–H groups in total. The van der Waals surface area contributed by atoms with Crippen molar-refractivity contribution < 1.29 is 0 Å². The Labute approximate surface area is 97.1 Å². The molecule has 1 aromatic rings. The number of nitrogens with zero attached hydrogens (tertiary/aromatic N) is 3. The summed E-state index contributed by atoms with van der Waals surface area (Å²) in [5.41, 5.74) is 0. The van der Waals surface area contributed by atoms with Gasteiger partial charge < -0.3 is 10.2 Å². The molecule has 1 saturated heterocycles. The molecular formula is C12H20N4. The second-order valence-electron chi connectivity index (χ2n) is 4.57. The Bertz CT molecular complexity index is 356. The van der Waals surface area contributed by atoms with Crippen LogP contribution in [0.15, 0.2) is 6.07 Å². The van der Waals surface area contributed by atoms with Gasteiger partial charge >= 0.3 is 0 Å². The summed E-state index contributed by atoms with van der Waals surface area (Å²) in [6.07, 6.45) is 2.55. The monoisotopic (exact) mass is 220 g/mol. The zero-order valence-electron chi connectivity index (χ0n) is 10.3.